The van der Waals surface area contributed by atoms with Gasteiger partial charge in [0.2, 0.25) is 0 Å². The van der Waals surface area contributed by atoms with Crippen LogP contribution in [-0.4, -0.2) is 30.9 Å². The Labute approximate surface area is 169 Å². The van der Waals surface area contributed by atoms with Crippen molar-refractivity contribution in [3.63, 3.8) is 0 Å². The van der Waals surface area contributed by atoms with Gasteiger partial charge in [-0.2, -0.15) is 0 Å². The number of rotatable bonds is 8. The minimum absolute atomic E-state index is 0.0306. The maximum absolute atomic E-state index is 12.1. The summed E-state index contributed by atoms with van der Waals surface area (Å²) in [6, 6.07) is 12.2. The molecule has 0 spiro atoms. The lowest BCUT2D eigenvalue weighted by molar-refractivity contribution is -0.147. The Morgan fingerprint density at radius 2 is 1.79 bits per heavy atom. The average molecular weight is 403 g/mol. The number of hydrogen-bond acceptors (Lipinski definition) is 4. The number of carbonyl (C=O) groups is 3. The summed E-state index contributed by atoms with van der Waals surface area (Å²) in [5, 5.41) is 5.94. The molecule has 0 aromatic heterocycles. The van der Waals surface area contributed by atoms with Crippen LogP contribution in [0.5, 0.6) is 0 Å². The van der Waals surface area contributed by atoms with Crippen LogP contribution in [0.3, 0.4) is 0 Å². The highest BCUT2D eigenvalue weighted by Gasteiger charge is 2.12. The van der Waals surface area contributed by atoms with E-state index in [4.69, 9.17) is 16.3 Å². The second-order valence-corrected chi connectivity index (χ2v) is 6.62. The molecule has 28 heavy (non-hydrogen) atoms. The maximum atomic E-state index is 12.1. The van der Waals surface area contributed by atoms with Crippen molar-refractivity contribution in [1.82, 2.24) is 5.32 Å². The molecule has 2 amide bonds. The highest BCUT2D eigenvalue weighted by atomic mass is 35.5. The van der Waals surface area contributed by atoms with Crippen LogP contribution < -0.4 is 10.6 Å². The molecule has 148 valence electrons. The number of para-hydroxylation sites is 1. The zero-order valence-electron chi connectivity index (χ0n) is 15.9. The standard InChI is InChI=1S/C21H23ClN2O4/c1-3-15-6-4-5-14(2)20(15)24-18(25)13-28-19(26)11-12-23-21(27)16-7-9-17(22)10-8-16/h4-10H,3,11-13H2,1-2H3,(H,23,27)(H,24,25). The fraction of sp³-hybridized carbons (Fsp3) is 0.286. The van der Waals surface area contributed by atoms with Crippen molar-refractivity contribution in [2.24, 2.45) is 0 Å². The average Bonchev–Trinajstić information content (AvgIpc) is 2.68. The molecule has 0 heterocycles. The van der Waals surface area contributed by atoms with E-state index in [9.17, 15) is 14.4 Å². The van der Waals surface area contributed by atoms with Crippen molar-refractivity contribution in [2.45, 2.75) is 26.7 Å². The number of benzene rings is 2. The van der Waals surface area contributed by atoms with Gasteiger partial charge in [0, 0.05) is 22.8 Å². The Morgan fingerprint density at radius 1 is 1.07 bits per heavy atom. The van der Waals surface area contributed by atoms with Crippen LogP contribution in [0.25, 0.3) is 0 Å². The molecule has 7 heteroatoms. The molecular weight excluding hydrogens is 380 g/mol. The van der Waals surface area contributed by atoms with E-state index in [1.165, 1.54) is 0 Å². The fourth-order valence-corrected chi connectivity index (χ4v) is 2.70. The molecule has 2 aromatic carbocycles. The maximum Gasteiger partial charge on any atom is 0.308 e. The summed E-state index contributed by atoms with van der Waals surface area (Å²) in [5.74, 6) is -1.27. The molecule has 2 N–H and O–H groups in total. The quantitative estimate of drug-likeness (QED) is 0.662. The highest BCUT2D eigenvalue weighted by Crippen LogP contribution is 2.20. The fourth-order valence-electron chi connectivity index (χ4n) is 2.58. The number of halogens is 1. The molecule has 2 aromatic rings. The molecule has 0 saturated heterocycles. The normalized spacial score (nSPS) is 10.2. The van der Waals surface area contributed by atoms with Gasteiger partial charge in [-0.1, -0.05) is 36.7 Å². The summed E-state index contributed by atoms with van der Waals surface area (Å²) < 4.78 is 4.97. The van der Waals surface area contributed by atoms with Crippen molar-refractivity contribution in [1.29, 1.82) is 0 Å². The van der Waals surface area contributed by atoms with Crippen molar-refractivity contribution in [3.05, 3.63) is 64.2 Å². The summed E-state index contributed by atoms with van der Waals surface area (Å²) in [6.07, 6.45) is 0.752. The number of anilines is 1. The third kappa shape index (κ3) is 6.39. The summed E-state index contributed by atoms with van der Waals surface area (Å²) in [4.78, 5) is 35.8. The van der Waals surface area contributed by atoms with Crippen LogP contribution in [0.1, 0.15) is 34.8 Å². The molecule has 0 fully saturated rings. The minimum atomic E-state index is -0.563. The lowest BCUT2D eigenvalue weighted by Gasteiger charge is -2.13. The van der Waals surface area contributed by atoms with Crippen molar-refractivity contribution in [2.75, 3.05) is 18.5 Å². The number of carbonyl (C=O) groups excluding carboxylic acids is 3. The molecule has 0 aliphatic heterocycles. The number of ether oxygens (including phenoxy) is 1. The molecule has 6 nitrogen and oxygen atoms in total. The first-order chi connectivity index (χ1) is 13.4. The van der Waals surface area contributed by atoms with Crippen LogP contribution in [0.15, 0.2) is 42.5 Å². The number of amides is 2. The summed E-state index contributed by atoms with van der Waals surface area (Å²) >= 11 is 5.77. The Kier molecular flexibility index (Phi) is 8.02. The van der Waals surface area contributed by atoms with Crippen molar-refractivity contribution in [3.8, 4) is 0 Å². The Hall–Kier alpha value is -2.86. The van der Waals surface area contributed by atoms with Crippen LogP contribution in [0, 0.1) is 6.92 Å². The van der Waals surface area contributed by atoms with Crippen LogP contribution >= 0.6 is 11.6 Å². The number of esters is 1. The Bertz CT molecular complexity index is 850. The molecular formula is C21H23ClN2O4. The number of aryl methyl sites for hydroxylation is 2. The van der Waals surface area contributed by atoms with E-state index in [0.717, 1.165) is 23.2 Å². The van der Waals surface area contributed by atoms with E-state index in [0.29, 0.717) is 10.6 Å². The molecule has 0 atom stereocenters. The second-order valence-electron chi connectivity index (χ2n) is 6.18. The summed E-state index contributed by atoms with van der Waals surface area (Å²) in [5.41, 5.74) is 3.16. The predicted octanol–water partition coefficient (Wildman–Crippen LogP) is 3.51. The zero-order chi connectivity index (χ0) is 20.5. The second kappa shape index (κ2) is 10.5. The van der Waals surface area contributed by atoms with Crippen LogP contribution in [0.2, 0.25) is 5.02 Å². The summed E-state index contributed by atoms with van der Waals surface area (Å²) in [7, 11) is 0. The van der Waals surface area contributed by atoms with Crippen molar-refractivity contribution < 1.29 is 19.1 Å². The minimum Gasteiger partial charge on any atom is -0.456 e. The highest BCUT2D eigenvalue weighted by molar-refractivity contribution is 6.30. The van der Waals surface area contributed by atoms with Gasteiger partial charge in [-0.25, -0.2) is 0 Å². The van der Waals surface area contributed by atoms with E-state index >= 15 is 0 Å². The SMILES string of the molecule is CCc1cccc(C)c1NC(=O)COC(=O)CCNC(=O)c1ccc(Cl)cc1. The molecule has 0 bridgehead atoms. The smallest absolute Gasteiger partial charge is 0.308 e. The first-order valence-electron chi connectivity index (χ1n) is 8.98. The van der Waals surface area contributed by atoms with Gasteiger partial charge in [-0.3, -0.25) is 14.4 Å². The Morgan fingerprint density at radius 3 is 2.46 bits per heavy atom. The van der Waals surface area contributed by atoms with Gasteiger partial charge in [-0.05, 0) is 48.7 Å². The van der Waals surface area contributed by atoms with Crippen LogP contribution in [-0.2, 0) is 20.7 Å². The predicted molar refractivity (Wildman–Crippen MR) is 109 cm³/mol. The molecule has 0 aliphatic carbocycles. The third-order valence-electron chi connectivity index (χ3n) is 4.09. The number of nitrogens with one attached hydrogen (secondary N) is 2. The van der Waals surface area contributed by atoms with Gasteiger partial charge in [-0.15, -0.1) is 0 Å². The largest absolute Gasteiger partial charge is 0.456 e. The van der Waals surface area contributed by atoms with E-state index in [1.54, 1.807) is 24.3 Å². The van der Waals surface area contributed by atoms with Gasteiger partial charge < -0.3 is 15.4 Å². The van der Waals surface area contributed by atoms with Crippen LogP contribution in [0.4, 0.5) is 5.69 Å². The van der Waals surface area contributed by atoms with Gasteiger partial charge in [0.1, 0.15) is 0 Å². The van der Waals surface area contributed by atoms with E-state index in [2.05, 4.69) is 10.6 Å². The van der Waals surface area contributed by atoms with Gasteiger partial charge >= 0.3 is 5.97 Å². The lowest BCUT2D eigenvalue weighted by atomic mass is 10.1. The Balaban J connectivity index is 1.73. The lowest BCUT2D eigenvalue weighted by Crippen LogP contribution is -2.27. The monoisotopic (exact) mass is 402 g/mol. The topological polar surface area (TPSA) is 84.5 Å². The van der Waals surface area contributed by atoms with Gasteiger partial charge in [0.25, 0.3) is 11.8 Å². The third-order valence-corrected chi connectivity index (χ3v) is 4.34. The van der Waals surface area contributed by atoms with Crippen molar-refractivity contribution >= 4 is 35.1 Å². The zero-order valence-corrected chi connectivity index (χ0v) is 16.6. The van der Waals surface area contributed by atoms with Gasteiger partial charge in [0.15, 0.2) is 6.61 Å². The molecule has 0 radical (unpaired) electrons. The van der Waals surface area contributed by atoms with E-state index in [-0.39, 0.29) is 25.5 Å². The van der Waals surface area contributed by atoms with E-state index < -0.39 is 11.9 Å². The molecule has 0 saturated carbocycles. The molecule has 0 aliphatic rings. The molecule has 2 rings (SSSR count). The number of hydrogen-bond donors (Lipinski definition) is 2. The van der Waals surface area contributed by atoms with E-state index in [1.807, 2.05) is 32.0 Å². The van der Waals surface area contributed by atoms with Gasteiger partial charge in [0.05, 0.1) is 6.42 Å². The first kappa shape index (κ1) is 21.4. The first-order valence-corrected chi connectivity index (χ1v) is 9.36. The summed E-state index contributed by atoms with van der Waals surface area (Å²) in [6.45, 7) is 3.65. The molecule has 0 unspecified atom stereocenters.